The van der Waals surface area contributed by atoms with E-state index < -0.39 is 0 Å². The maximum atomic E-state index is 2.50. The van der Waals surface area contributed by atoms with Crippen molar-refractivity contribution in [3.63, 3.8) is 0 Å². The molecule has 0 bridgehead atoms. The lowest BCUT2D eigenvalue weighted by Crippen LogP contribution is -2.26. The predicted octanol–water partition coefficient (Wildman–Crippen LogP) is 10.4. The van der Waals surface area contributed by atoms with Crippen LogP contribution < -0.4 is 0 Å². The molecule has 0 amide bonds. The van der Waals surface area contributed by atoms with E-state index in [4.69, 9.17) is 0 Å². The first kappa shape index (κ1) is 21.5. The Labute approximate surface area is 231 Å². The third kappa shape index (κ3) is 2.63. The van der Waals surface area contributed by atoms with Crippen LogP contribution in [0.1, 0.15) is 27.8 Å². The molecule has 9 rings (SSSR count). The molecule has 39 heavy (non-hydrogen) atoms. The molecule has 1 heterocycles. The number of aryl methyl sites for hydroxylation is 1. The van der Waals surface area contributed by atoms with Crippen molar-refractivity contribution in [3.05, 3.63) is 155 Å². The van der Waals surface area contributed by atoms with E-state index in [9.17, 15) is 0 Å². The van der Waals surface area contributed by atoms with Crippen molar-refractivity contribution in [2.45, 2.75) is 12.3 Å². The summed E-state index contributed by atoms with van der Waals surface area (Å²) in [6.45, 7) is 2.22. The molecule has 2 aliphatic carbocycles. The van der Waals surface area contributed by atoms with E-state index in [0.29, 0.717) is 0 Å². The molecule has 0 unspecified atom stereocenters. The van der Waals surface area contributed by atoms with Crippen LogP contribution in [0.2, 0.25) is 0 Å². The molecule has 7 aromatic rings. The first-order valence-corrected chi connectivity index (χ1v) is 14.4. The Kier molecular flexibility index (Phi) is 4.16. The molecule has 0 saturated carbocycles. The van der Waals surface area contributed by atoms with Gasteiger partial charge < -0.3 is 0 Å². The second-order valence-corrected chi connectivity index (χ2v) is 12.0. The Hall–Kier alpha value is -4.46. The zero-order chi connectivity index (χ0) is 25.7. The highest BCUT2D eigenvalue weighted by atomic mass is 32.1. The molecule has 0 aliphatic heterocycles. The minimum absolute atomic E-state index is 0.315. The molecule has 1 aromatic heterocycles. The topological polar surface area (TPSA) is 0 Å². The van der Waals surface area contributed by atoms with Crippen LogP contribution in [0.3, 0.4) is 0 Å². The molecule has 182 valence electrons. The van der Waals surface area contributed by atoms with Crippen molar-refractivity contribution in [3.8, 4) is 33.4 Å². The molecule has 6 aromatic carbocycles. The molecule has 1 heteroatoms. The summed E-state index contributed by atoms with van der Waals surface area (Å²) in [5, 5.41) is 2.71. The summed E-state index contributed by atoms with van der Waals surface area (Å²) in [6.07, 6.45) is 0. The molecule has 0 radical (unpaired) electrons. The first-order valence-electron chi connectivity index (χ1n) is 13.6. The van der Waals surface area contributed by atoms with Gasteiger partial charge in [0.15, 0.2) is 0 Å². The Bertz CT molecular complexity index is 2100. The van der Waals surface area contributed by atoms with Crippen molar-refractivity contribution in [2.75, 3.05) is 0 Å². The van der Waals surface area contributed by atoms with Gasteiger partial charge >= 0.3 is 0 Å². The minimum Gasteiger partial charge on any atom is -0.135 e. The van der Waals surface area contributed by atoms with Gasteiger partial charge in [-0.1, -0.05) is 115 Å². The lowest BCUT2D eigenvalue weighted by molar-refractivity contribution is 0.793. The summed E-state index contributed by atoms with van der Waals surface area (Å²) in [7, 11) is 0. The van der Waals surface area contributed by atoms with Crippen molar-refractivity contribution in [1.29, 1.82) is 0 Å². The van der Waals surface area contributed by atoms with Crippen molar-refractivity contribution >= 4 is 31.5 Å². The quantitative estimate of drug-likeness (QED) is 0.205. The monoisotopic (exact) mass is 512 g/mol. The highest BCUT2D eigenvalue weighted by Crippen LogP contribution is 2.63. The fourth-order valence-electron chi connectivity index (χ4n) is 7.44. The van der Waals surface area contributed by atoms with Crippen LogP contribution in [-0.2, 0) is 5.41 Å². The zero-order valence-electron chi connectivity index (χ0n) is 21.5. The van der Waals surface area contributed by atoms with Gasteiger partial charge in [-0.15, -0.1) is 11.3 Å². The standard InChI is InChI=1S/C38H24S/c1-23-17-19-28-29-20-18-24(25-12-8-16-36-37(25)30-11-4-7-15-35(30)39-36)22-34(29)38(33(28)21-23)31-13-5-2-9-26(31)27-10-3-6-14-32(27)38/h2-22H,1H3. The van der Waals surface area contributed by atoms with Crippen molar-refractivity contribution in [1.82, 2.24) is 0 Å². The highest BCUT2D eigenvalue weighted by Gasteiger charge is 2.51. The highest BCUT2D eigenvalue weighted by molar-refractivity contribution is 7.25. The smallest absolute Gasteiger partial charge is 0.0725 e. The van der Waals surface area contributed by atoms with Crippen LogP contribution in [0.15, 0.2) is 127 Å². The third-order valence-corrected chi connectivity index (χ3v) is 10.1. The van der Waals surface area contributed by atoms with Crippen molar-refractivity contribution in [2.24, 2.45) is 0 Å². The predicted molar refractivity (Wildman–Crippen MR) is 166 cm³/mol. The van der Waals surface area contributed by atoms with Gasteiger partial charge in [-0.2, -0.15) is 0 Å². The average Bonchev–Trinajstić information content (AvgIpc) is 3.60. The Balaban J connectivity index is 1.41. The summed E-state index contributed by atoms with van der Waals surface area (Å²) in [5.41, 5.74) is 14.6. The lowest BCUT2D eigenvalue weighted by atomic mass is 9.70. The van der Waals surface area contributed by atoms with Crippen LogP contribution in [0.5, 0.6) is 0 Å². The molecular weight excluding hydrogens is 488 g/mol. The molecule has 0 nitrogen and oxygen atoms in total. The lowest BCUT2D eigenvalue weighted by Gasteiger charge is -2.31. The molecule has 0 fully saturated rings. The molecule has 0 atom stereocenters. The van der Waals surface area contributed by atoms with Crippen LogP contribution in [0.25, 0.3) is 53.6 Å². The summed E-state index contributed by atoms with van der Waals surface area (Å²) in [6, 6.07) is 48.0. The Morgan fingerprint density at radius 2 is 1.05 bits per heavy atom. The van der Waals surface area contributed by atoms with E-state index in [0.717, 1.165) is 0 Å². The zero-order valence-corrected chi connectivity index (χ0v) is 22.3. The van der Waals surface area contributed by atoms with Gasteiger partial charge in [-0.25, -0.2) is 0 Å². The fraction of sp³-hybridized carbons (Fsp3) is 0.0526. The van der Waals surface area contributed by atoms with E-state index in [-0.39, 0.29) is 5.41 Å². The number of fused-ring (bicyclic) bond motifs is 13. The van der Waals surface area contributed by atoms with E-state index in [1.54, 1.807) is 0 Å². The Morgan fingerprint density at radius 1 is 0.462 bits per heavy atom. The Morgan fingerprint density at radius 3 is 1.85 bits per heavy atom. The van der Waals surface area contributed by atoms with Gasteiger partial charge in [-0.3, -0.25) is 0 Å². The molecule has 0 N–H and O–H groups in total. The van der Waals surface area contributed by atoms with Gasteiger partial charge in [0.2, 0.25) is 0 Å². The third-order valence-electron chi connectivity index (χ3n) is 8.96. The molecule has 1 spiro atoms. The number of benzene rings is 6. The van der Waals surface area contributed by atoms with Crippen molar-refractivity contribution < 1.29 is 0 Å². The summed E-state index contributed by atoms with van der Waals surface area (Å²) >= 11 is 1.89. The number of hydrogen-bond donors (Lipinski definition) is 0. The summed E-state index contributed by atoms with van der Waals surface area (Å²) in [4.78, 5) is 0. The van der Waals surface area contributed by atoms with Crippen LogP contribution in [0, 0.1) is 6.92 Å². The average molecular weight is 513 g/mol. The number of thiophene rings is 1. The summed E-state index contributed by atoms with van der Waals surface area (Å²) < 4.78 is 2.69. The molecule has 0 saturated heterocycles. The largest absolute Gasteiger partial charge is 0.135 e. The number of rotatable bonds is 1. The first-order chi connectivity index (χ1) is 19.2. The fourth-order valence-corrected chi connectivity index (χ4v) is 8.57. The molecular formula is C38H24S. The second kappa shape index (κ2) is 7.56. The second-order valence-electron chi connectivity index (χ2n) is 10.9. The van der Waals surface area contributed by atoms with Gasteiger partial charge in [0, 0.05) is 20.2 Å². The SMILES string of the molecule is Cc1ccc2c(c1)C1(c3ccccc3-c3ccccc31)c1cc(-c3cccc4sc5ccccc5c34)ccc1-2. The van der Waals surface area contributed by atoms with E-state index in [1.165, 1.54) is 81.4 Å². The van der Waals surface area contributed by atoms with Crippen LogP contribution in [-0.4, -0.2) is 0 Å². The van der Waals surface area contributed by atoms with Gasteiger partial charge in [0.25, 0.3) is 0 Å². The minimum atomic E-state index is -0.315. The normalized spacial score (nSPS) is 14.0. The van der Waals surface area contributed by atoms with E-state index in [2.05, 4.69) is 134 Å². The van der Waals surface area contributed by atoms with Gasteiger partial charge in [-0.05, 0) is 80.8 Å². The maximum absolute atomic E-state index is 2.50. The van der Waals surface area contributed by atoms with Crippen LogP contribution in [0.4, 0.5) is 0 Å². The van der Waals surface area contributed by atoms with E-state index in [1.807, 2.05) is 11.3 Å². The van der Waals surface area contributed by atoms with E-state index >= 15 is 0 Å². The molecule has 2 aliphatic rings. The summed E-state index contributed by atoms with van der Waals surface area (Å²) in [5.74, 6) is 0. The maximum Gasteiger partial charge on any atom is 0.0725 e. The van der Waals surface area contributed by atoms with Gasteiger partial charge in [0.1, 0.15) is 0 Å². The van der Waals surface area contributed by atoms with Gasteiger partial charge in [0.05, 0.1) is 5.41 Å². The van der Waals surface area contributed by atoms with Crippen LogP contribution >= 0.6 is 11.3 Å². The number of hydrogen-bond acceptors (Lipinski definition) is 1.